The maximum absolute atomic E-state index is 4.43. The fourth-order valence-electron chi connectivity index (χ4n) is 2.80. The molecule has 0 unspecified atom stereocenters. The van der Waals surface area contributed by atoms with Gasteiger partial charge in [-0.1, -0.05) is 6.07 Å². The van der Waals surface area contributed by atoms with Crippen molar-refractivity contribution in [3.63, 3.8) is 0 Å². The molecule has 1 saturated heterocycles. The lowest BCUT2D eigenvalue weighted by atomic mass is 10.3. The largest absolute Gasteiger partial charge is 0.336 e. The van der Waals surface area contributed by atoms with Gasteiger partial charge in [0.2, 0.25) is 0 Å². The maximum atomic E-state index is 4.43. The maximum Gasteiger partial charge on any atom is 0.0946 e. The van der Waals surface area contributed by atoms with E-state index in [-0.39, 0.29) is 0 Å². The topological polar surface area (TPSA) is 37.2 Å². The molecule has 21 heavy (non-hydrogen) atoms. The molecule has 3 rings (SSSR count). The number of aromatic nitrogens is 3. The van der Waals surface area contributed by atoms with Gasteiger partial charge >= 0.3 is 0 Å². The van der Waals surface area contributed by atoms with E-state index < -0.39 is 0 Å². The van der Waals surface area contributed by atoms with E-state index in [0.29, 0.717) is 0 Å². The number of pyridine rings is 1. The zero-order valence-corrected chi connectivity index (χ0v) is 12.4. The molecule has 0 N–H and O–H groups in total. The number of hydrogen-bond donors (Lipinski definition) is 0. The molecule has 0 aliphatic carbocycles. The minimum atomic E-state index is 0.968. The SMILES string of the molecule is c1ccc(CN2CCCN(CCn3ccnc3)CC2)nc1. The van der Waals surface area contributed by atoms with Crippen LogP contribution in [0.4, 0.5) is 0 Å². The van der Waals surface area contributed by atoms with Gasteiger partial charge in [-0.05, 0) is 31.6 Å². The first-order valence-corrected chi connectivity index (χ1v) is 7.70. The molecule has 0 bridgehead atoms. The van der Waals surface area contributed by atoms with Crippen molar-refractivity contribution in [1.29, 1.82) is 0 Å². The summed E-state index contributed by atoms with van der Waals surface area (Å²) in [5, 5.41) is 0. The summed E-state index contributed by atoms with van der Waals surface area (Å²) in [5.74, 6) is 0. The summed E-state index contributed by atoms with van der Waals surface area (Å²) in [6, 6.07) is 6.16. The summed E-state index contributed by atoms with van der Waals surface area (Å²) in [4.78, 5) is 13.6. The minimum Gasteiger partial charge on any atom is -0.336 e. The Labute approximate surface area is 126 Å². The Balaban J connectivity index is 1.45. The monoisotopic (exact) mass is 285 g/mol. The quantitative estimate of drug-likeness (QED) is 0.834. The van der Waals surface area contributed by atoms with Crippen molar-refractivity contribution in [2.75, 3.05) is 32.7 Å². The molecule has 0 amide bonds. The average molecular weight is 285 g/mol. The zero-order valence-electron chi connectivity index (χ0n) is 12.4. The normalized spacial score (nSPS) is 17.7. The highest BCUT2D eigenvalue weighted by Crippen LogP contribution is 2.07. The summed E-state index contributed by atoms with van der Waals surface area (Å²) in [6.07, 6.45) is 8.88. The van der Waals surface area contributed by atoms with Gasteiger partial charge in [-0.3, -0.25) is 9.88 Å². The molecule has 2 aromatic rings. The van der Waals surface area contributed by atoms with Crippen molar-refractivity contribution in [3.8, 4) is 0 Å². The first-order valence-electron chi connectivity index (χ1n) is 7.70. The number of imidazole rings is 1. The summed E-state index contributed by atoms with van der Waals surface area (Å²) < 4.78 is 2.15. The third-order valence-corrected chi connectivity index (χ3v) is 4.03. The number of nitrogens with zero attached hydrogens (tertiary/aromatic N) is 5. The van der Waals surface area contributed by atoms with Gasteiger partial charge in [0.25, 0.3) is 0 Å². The van der Waals surface area contributed by atoms with Crippen molar-refractivity contribution >= 4 is 0 Å². The lowest BCUT2D eigenvalue weighted by Gasteiger charge is -2.21. The van der Waals surface area contributed by atoms with Crippen LogP contribution in [0.1, 0.15) is 12.1 Å². The molecular weight excluding hydrogens is 262 g/mol. The standard InChI is InChI=1S/C16H23N5/c1-2-5-18-16(4-1)14-20-8-3-7-19(10-12-20)11-13-21-9-6-17-15-21/h1-2,4-6,9,15H,3,7-8,10-14H2. The van der Waals surface area contributed by atoms with E-state index in [9.17, 15) is 0 Å². The zero-order chi connectivity index (χ0) is 14.3. The van der Waals surface area contributed by atoms with Crippen LogP contribution < -0.4 is 0 Å². The van der Waals surface area contributed by atoms with Crippen LogP contribution >= 0.6 is 0 Å². The van der Waals surface area contributed by atoms with Crippen LogP contribution in [-0.2, 0) is 13.1 Å². The average Bonchev–Trinajstić information content (AvgIpc) is 2.94. The molecule has 0 radical (unpaired) electrons. The lowest BCUT2D eigenvalue weighted by molar-refractivity contribution is 0.245. The van der Waals surface area contributed by atoms with Crippen LogP contribution in [0.5, 0.6) is 0 Å². The molecule has 112 valence electrons. The summed E-state index contributed by atoms with van der Waals surface area (Å²) in [5.41, 5.74) is 1.17. The Morgan fingerprint density at radius 2 is 1.86 bits per heavy atom. The predicted molar refractivity (Wildman–Crippen MR) is 82.8 cm³/mol. The number of hydrogen-bond acceptors (Lipinski definition) is 4. The first-order chi connectivity index (χ1) is 10.4. The van der Waals surface area contributed by atoms with Crippen LogP contribution in [0.2, 0.25) is 0 Å². The summed E-state index contributed by atoms with van der Waals surface area (Å²) >= 11 is 0. The van der Waals surface area contributed by atoms with E-state index in [4.69, 9.17) is 0 Å². The molecule has 0 atom stereocenters. The van der Waals surface area contributed by atoms with Gasteiger partial charge in [-0.2, -0.15) is 0 Å². The van der Waals surface area contributed by atoms with Crippen LogP contribution in [0.25, 0.3) is 0 Å². The van der Waals surface area contributed by atoms with Crippen LogP contribution in [0.15, 0.2) is 43.1 Å². The fourth-order valence-corrected chi connectivity index (χ4v) is 2.80. The van der Waals surface area contributed by atoms with Crippen LogP contribution in [0.3, 0.4) is 0 Å². The van der Waals surface area contributed by atoms with Crippen molar-refractivity contribution in [3.05, 3.63) is 48.8 Å². The Morgan fingerprint density at radius 3 is 2.67 bits per heavy atom. The second kappa shape index (κ2) is 7.33. The van der Waals surface area contributed by atoms with Gasteiger partial charge in [-0.15, -0.1) is 0 Å². The molecule has 5 heteroatoms. The van der Waals surface area contributed by atoms with Gasteiger partial charge in [0.15, 0.2) is 0 Å². The van der Waals surface area contributed by atoms with E-state index in [1.165, 1.54) is 18.7 Å². The molecule has 0 spiro atoms. The highest BCUT2D eigenvalue weighted by molar-refractivity contribution is 5.03. The van der Waals surface area contributed by atoms with Gasteiger partial charge in [-0.25, -0.2) is 4.98 Å². The van der Waals surface area contributed by atoms with Crippen molar-refractivity contribution in [2.24, 2.45) is 0 Å². The summed E-state index contributed by atoms with van der Waals surface area (Å²) in [7, 11) is 0. The molecule has 5 nitrogen and oxygen atoms in total. The molecule has 2 aromatic heterocycles. The second-order valence-corrected chi connectivity index (χ2v) is 5.59. The Bertz CT molecular complexity index is 511. The third-order valence-electron chi connectivity index (χ3n) is 4.03. The highest BCUT2D eigenvalue weighted by atomic mass is 15.2. The predicted octanol–water partition coefficient (Wildman–Crippen LogP) is 1.49. The summed E-state index contributed by atoms with van der Waals surface area (Å²) in [6.45, 7) is 7.72. The van der Waals surface area contributed by atoms with E-state index >= 15 is 0 Å². The van der Waals surface area contributed by atoms with E-state index in [2.05, 4.69) is 36.5 Å². The van der Waals surface area contributed by atoms with Gasteiger partial charge in [0.1, 0.15) is 0 Å². The lowest BCUT2D eigenvalue weighted by Crippen LogP contribution is -2.32. The molecular formula is C16H23N5. The molecule has 1 fully saturated rings. The smallest absolute Gasteiger partial charge is 0.0946 e. The van der Waals surface area contributed by atoms with Crippen LogP contribution in [-0.4, -0.2) is 57.1 Å². The molecule has 3 heterocycles. The fraction of sp³-hybridized carbons (Fsp3) is 0.500. The van der Waals surface area contributed by atoms with Crippen molar-refractivity contribution in [2.45, 2.75) is 19.5 Å². The van der Waals surface area contributed by atoms with E-state index in [0.717, 1.165) is 39.3 Å². The van der Waals surface area contributed by atoms with Crippen molar-refractivity contribution < 1.29 is 0 Å². The van der Waals surface area contributed by atoms with Crippen molar-refractivity contribution in [1.82, 2.24) is 24.3 Å². The van der Waals surface area contributed by atoms with E-state index in [1.54, 1.807) is 0 Å². The molecule has 1 aliphatic rings. The molecule has 0 saturated carbocycles. The number of rotatable bonds is 5. The van der Waals surface area contributed by atoms with Gasteiger partial charge in [0, 0.05) is 51.3 Å². The molecule has 0 aromatic carbocycles. The van der Waals surface area contributed by atoms with Crippen LogP contribution in [0, 0.1) is 0 Å². The third kappa shape index (κ3) is 4.37. The minimum absolute atomic E-state index is 0.968. The van der Waals surface area contributed by atoms with Gasteiger partial charge < -0.3 is 9.47 Å². The first kappa shape index (κ1) is 14.2. The Hall–Kier alpha value is -1.72. The Morgan fingerprint density at radius 1 is 0.952 bits per heavy atom. The second-order valence-electron chi connectivity index (χ2n) is 5.59. The Kier molecular flexibility index (Phi) is 4.97. The molecule has 1 aliphatic heterocycles. The van der Waals surface area contributed by atoms with E-state index in [1.807, 2.05) is 31.0 Å². The highest BCUT2D eigenvalue weighted by Gasteiger charge is 2.15. The van der Waals surface area contributed by atoms with Gasteiger partial charge in [0.05, 0.1) is 12.0 Å².